The van der Waals surface area contributed by atoms with Gasteiger partial charge in [-0.1, -0.05) is 19.1 Å². The minimum atomic E-state index is -0.649. The van der Waals surface area contributed by atoms with Crippen molar-refractivity contribution in [3.05, 3.63) is 54.1 Å². The Labute approximate surface area is 134 Å². The minimum absolute atomic E-state index is 0.261. The Morgan fingerprint density at radius 2 is 1.74 bits per heavy atom. The Bertz CT molecular complexity index is 684. The molecule has 0 heterocycles. The lowest BCUT2D eigenvalue weighted by molar-refractivity contribution is 0.102. The Kier molecular flexibility index (Phi) is 5.57. The molecule has 2 rings (SSSR count). The van der Waals surface area contributed by atoms with E-state index in [1.165, 1.54) is 0 Å². The third kappa shape index (κ3) is 4.74. The summed E-state index contributed by atoms with van der Waals surface area (Å²) in [5.74, 6) is 0.373. The molecule has 0 atom stereocenters. The van der Waals surface area contributed by atoms with E-state index in [9.17, 15) is 9.59 Å². The number of para-hydroxylation sites is 2. The first-order valence-corrected chi connectivity index (χ1v) is 7.30. The van der Waals surface area contributed by atoms with Crippen LogP contribution >= 0.6 is 0 Å². The number of anilines is 2. The molecule has 6 heteroatoms. The molecule has 23 heavy (non-hydrogen) atoms. The van der Waals surface area contributed by atoms with Crippen LogP contribution in [-0.4, -0.2) is 18.5 Å². The molecule has 0 aliphatic heterocycles. The highest BCUT2D eigenvalue weighted by atomic mass is 16.5. The number of carbonyl (C=O) groups is 2. The fourth-order valence-corrected chi connectivity index (χ4v) is 1.95. The molecule has 0 bridgehead atoms. The number of nitrogens with one attached hydrogen (secondary N) is 2. The summed E-state index contributed by atoms with van der Waals surface area (Å²) >= 11 is 0. The van der Waals surface area contributed by atoms with E-state index >= 15 is 0 Å². The summed E-state index contributed by atoms with van der Waals surface area (Å²) in [5, 5.41) is 5.26. The molecule has 0 unspecified atom stereocenters. The van der Waals surface area contributed by atoms with Gasteiger partial charge in [-0.15, -0.1) is 0 Å². The maximum absolute atomic E-state index is 12.3. The molecule has 0 saturated heterocycles. The summed E-state index contributed by atoms with van der Waals surface area (Å²) in [6.07, 6.45) is 0.886. The van der Waals surface area contributed by atoms with Crippen molar-refractivity contribution in [2.45, 2.75) is 13.3 Å². The summed E-state index contributed by atoms with van der Waals surface area (Å²) in [6, 6.07) is 13.1. The maximum Gasteiger partial charge on any atom is 0.316 e. The van der Waals surface area contributed by atoms with E-state index in [0.717, 1.165) is 6.42 Å². The fourth-order valence-electron chi connectivity index (χ4n) is 1.95. The van der Waals surface area contributed by atoms with Gasteiger partial charge >= 0.3 is 6.03 Å². The van der Waals surface area contributed by atoms with Crippen LogP contribution in [0.4, 0.5) is 16.2 Å². The summed E-state index contributed by atoms with van der Waals surface area (Å²) in [5.41, 5.74) is 6.65. The molecule has 0 aliphatic rings. The van der Waals surface area contributed by atoms with Crippen LogP contribution in [0.3, 0.4) is 0 Å². The van der Waals surface area contributed by atoms with Crippen LogP contribution in [-0.2, 0) is 0 Å². The van der Waals surface area contributed by atoms with Crippen molar-refractivity contribution in [1.29, 1.82) is 0 Å². The van der Waals surface area contributed by atoms with Gasteiger partial charge in [-0.25, -0.2) is 4.79 Å². The van der Waals surface area contributed by atoms with Crippen LogP contribution in [0, 0.1) is 0 Å². The lowest BCUT2D eigenvalue weighted by atomic mass is 10.2. The molecule has 4 N–H and O–H groups in total. The van der Waals surface area contributed by atoms with Gasteiger partial charge < -0.3 is 21.1 Å². The number of urea groups is 1. The van der Waals surface area contributed by atoms with Gasteiger partial charge in [0.05, 0.1) is 12.3 Å². The van der Waals surface area contributed by atoms with E-state index in [0.29, 0.717) is 29.3 Å². The maximum atomic E-state index is 12.3. The number of carbonyl (C=O) groups excluding carboxylic acids is 2. The standard InChI is InChI=1S/C17H19N3O3/c1-2-11-23-15-6-4-3-5-14(15)20-16(21)12-7-9-13(10-8-12)19-17(18)22/h3-10H,2,11H2,1H3,(H,20,21)(H3,18,19,22). The second-order valence-electron chi connectivity index (χ2n) is 4.87. The van der Waals surface area contributed by atoms with E-state index in [4.69, 9.17) is 10.5 Å². The predicted molar refractivity (Wildman–Crippen MR) is 89.8 cm³/mol. The van der Waals surface area contributed by atoms with Gasteiger partial charge in [-0.05, 0) is 42.8 Å². The molecule has 0 saturated carbocycles. The first-order valence-electron chi connectivity index (χ1n) is 7.30. The van der Waals surface area contributed by atoms with E-state index in [1.54, 1.807) is 30.3 Å². The molecule has 0 aliphatic carbocycles. The highest BCUT2D eigenvalue weighted by Crippen LogP contribution is 2.24. The molecular weight excluding hydrogens is 294 g/mol. The van der Waals surface area contributed by atoms with Crippen LogP contribution in [0.25, 0.3) is 0 Å². The number of primary amides is 1. The summed E-state index contributed by atoms with van der Waals surface area (Å²) in [7, 11) is 0. The zero-order chi connectivity index (χ0) is 16.7. The van der Waals surface area contributed by atoms with Crippen molar-refractivity contribution >= 4 is 23.3 Å². The Balaban J connectivity index is 2.08. The highest BCUT2D eigenvalue weighted by molar-refractivity contribution is 6.05. The molecule has 120 valence electrons. The molecule has 0 fully saturated rings. The van der Waals surface area contributed by atoms with Crippen LogP contribution in [0.15, 0.2) is 48.5 Å². The quantitative estimate of drug-likeness (QED) is 0.764. The number of benzene rings is 2. The van der Waals surface area contributed by atoms with Gasteiger partial charge in [-0.3, -0.25) is 4.79 Å². The monoisotopic (exact) mass is 313 g/mol. The second kappa shape index (κ2) is 7.84. The third-order valence-electron chi connectivity index (χ3n) is 3.01. The average Bonchev–Trinajstić information content (AvgIpc) is 2.54. The summed E-state index contributed by atoms with van der Waals surface area (Å²) in [6.45, 7) is 2.60. The molecule has 0 aromatic heterocycles. The third-order valence-corrected chi connectivity index (χ3v) is 3.01. The fraction of sp³-hybridized carbons (Fsp3) is 0.176. The van der Waals surface area contributed by atoms with Gasteiger partial charge in [0.1, 0.15) is 5.75 Å². The van der Waals surface area contributed by atoms with Crippen LogP contribution in [0.5, 0.6) is 5.75 Å². The normalized spacial score (nSPS) is 9.96. The second-order valence-corrected chi connectivity index (χ2v) is 4.87. The Morgan fingerprint density at radius 1 is 1.04 bits per heavy atom. The van der Waals surface area contributed by atoms with Gasteiger partial charge in [0.25, 0.3) is 5.91 Å². The number of nitrogens with two attached hydrogens (primary N) is 1. The van der Waals surface area contributed by atoms with Crippen molar-refractivity contribution in [1.82, 2.24) is 0 Å². The van der Waals surface area contributed by atoms with Gasteiger partial charge in [0, 0.05) is 11.3 Å². The molecule has 2 aromatic rings. The Hall–Kier alpha value is -3.02. The summed E-state index contributed by atoms with van der Waals surface area (Å²) in [4.78, 5) is 23.1. The van der Waals surface area contributed by atoms with E-state index in [-0.39, 0.29) is 5.91 Å². The van der Waals surface area contributed by atoms with E-state index in [1.807, 2.05) is 25.1 Å². The molecule has 3 amide bonds. The number of rotatable bonds is 6. The first-order chi connectivity index (χ1) is 11.1. The molecule has 0 radical (unpaired) electrons. The van der Waals surface area contributed by atoms with Crippen LogP contribution < -0.4 is 21.1 Å². The van der Waals surface area contributed by atoms with Gasteiger partial charge in [0.15, 0.2) is 0 Å². The Morgan fingerprint density at radius 3 is 2.39 bits per heavy atom. The van der Waals surface area contributed by atoms with Crippen molar-refractivity contribution in [2.75, 3.05) is 17.2 Å². The lowest BCUT2D eigenvalue weighted by Crippen LogP contribution is -2.19. The largest absolute Gasteiger partial charge is 0.491 e. The zero-order valence-corrected chi connectivity index (χ0v) is 12.8. The molecule has 2 aromatic carbocycles. The lowest BCUT2D eigenvalue weighted by Gasteiger charge is -2.12. The summed E-state index contributed by atoms with van der Waals surface area (Å²) < 4.78 is 5.61. The van der Waals surface area contributed by atoms with Crippen molar-refractivity contribution in [3.8, 4) is 5.75 Å². The first kappa shape index (κ1) is 16.4. The van der Waals surface area contributed by atoms with E-state index < -0.39 is 6.03 Å². The zero-order valence-electron chi connectivity index (χ0n) is 12.8. The van der Waals surface area contributed by atoms with E-state index in [2.05, 4.69) is 10.6 Å². The number of amides is 3. The van der Waals surface area contributed by atoms with Gasteiger partial charge in [0.2, 0.25) is 0 Å². The molecule has 6 nitrogen and oxygen atoms in total. The van der Waals surface area contributed by atoms with Crippen molar-refractivity contribution < 1.29 is 14.3 Å². The smallest absolute Gasteiger partial charge is 0.316 e. The van der Waals surface area contributed by atoms with Gasteiger partial charge in [-0.2, -0.15) is 0 Å². The van der Waals surface area contributed by atoms with Crippen LogP contribution in [0.2, 0.25) is 0 Å². The SMILES string of the molecule is CCCOc1ccccc1NC(=O)c1ccc(NC(N)=O)cc1. The van der Waals surface area contributed by atoms with Crippen LogP contribution in [0.1, 0.15) is 23.7 Å². The van der Waals surface area contributed by atoms with Crippen molar-refractivity contribution in [3.63, 3.8) is 0 Å². The highest BCUT2D eigenvalue weighted by Gasteiger charge is 2.10. The van der Waals surface area contributed by atoms with Crippen molar-refractivity contribution in [2.24, 2.45) is 5.73 Å². The number of ether oxygens (including phenoxy) is 1. The molecule has 0 spiro atoms. The number of hydrogen-bond donors (Lipinski definition) is 3. The average molecular weight is 313 g/mol. The minimum Gasteiger partial charge on any atom is -0.491 e. The number of hydrogen-bond acceptors (Lipinski definition) is 3. The predicted octanol–water partition coefficient (Wildman–Crippen LogP) is 3.22. The topological polar surface area (TPSA) is 93.4 Å². The molecular formula is C17H19N3O3.